The van der Waals surface area contributed by atoms with E-state index in [2.05, 4.69) is 21.2 Å². The second kappa shape index (κ2) is 5.82. The fraction of sp³-hybridized carbons (Fsp3) is 0.333. The van der Waals surface area contributed by atoms with Crippen molar-refractivity contribution in [3.05, 3.63) is 33.8 Å². The van der Waals surface area contributed by atoms with Gasteiger partial charge in [-0.25, -0.2) is 4.79 Å². The Morgan fingerprint density at radius 2 is 2.12 bits per heavy atom. The smallest absolute Gasteiger partial charge is 0.326 e. The molecule has 0 fully saturated rings. The molecule has 1 aromatic carbocycles. The summed E-state index contributed by atoms with van der Waals surface area (Å²) in [5.74, 6) is -1.38. The Bertz CT molecular complexity index is 445. The molecule has 2 N–H and O–H groups in total. The third-order valence-electron chi connectivity index (χ3n) is 2.46. The van der Waals surface area contributed by atoms with Crippen molar-refractivity contribution < 1.29 is 14.7 Å². The molecule has 0 aliphatic carbocycles. The van der Waals surface area contributed by atoms with Gasteiger partial charge in [-0.1, -0.05) is 28.9 Å². The van der Waals surface area contributed by atoms with Crippen LogP contribution < -0.4 is 5.32 Å². The van der Waals surface area contributed by atoms with Gasteiger partial charge in [0.1, 0.15) is 6.04 Å². The van der Waals surface area contributed by atoms with Gasteiger partial charge < -0.3 is 10.4 Å². The summed E-state index contributed by atoms with van der Waals surface area (Å²) >= 11 is 3.28. The lowest BCUT2D eigenvalue weighted by Crippen LogP contribution is -2.40. The molecule has 4 nitrogen and oxygen atoms in total. The molecule has 0 saturated heterocycles. The zero-order chi connectivity index (χ0) is 13.0. The molecule has 0 spiro atoms. The Kier molecular flexibility index (Phi) is 4.69. The van der Waals surface area contributed by atoms with Gasteiger partial charge in [-0.15, -0.1) is 0 Å². The Morgan fingerprint density at radius 1 is 1.47 bits per heavy atom. The van der Waals surface area contributed by atoms with Crippen LogP contribution in [0.4, 0.5) is 0 Å². The maximum Gasteiger partial charge on any atom is 0.326 e. The van der Waals surface area contributed by atoms with E-state index in [1.165, 1.54) is 0 Å². The molecule has 1 aromatic rings. The first-order chi connectivity index (χ1) is 7.95. The van der Waals surface area contributed by atoms with Crippen molar-refractivity contribution in [3.8, 4) is 0 Å². The van der Waals surface area contributed by atoms with Gasteiger partial charge in [-0.2, -0.15) is 0 Å². The summed E-state index contributed by atoms with van der Waals surface area (Å²) in [4.78, 5) is 22.7. The fourth-order valence-corrected chi connectivity index (χ4v) is 1.77. The zero-order valence-corrected chi connectivity index (χ0v) is 11.2. The number of hydrogen-bond acceptors (Lipinski definition) is 2. The predicted molar refractivity (Wildman–Crippen MR) is 68.1 cm³/mol. The molecule has 17 heavy (non-hydrogen) atoms. The zero-order valence-electron chi connectivity index (χ0n) is 9.66. The summed E-state index contributed by atoms with van der Waals surface area (Å²) in [6, 6.07) is 4.47. The minimum absolute atomic E-state index is 0.355. The minimum atomic E-state index is -1.02. The number of hydrogen-bond donors (Lipinski definition) is 2. The van der Waals surface area contributed by atoms with Crippen molar-refractivity contribution in [1.29, 1.82) is 0 Å². The number of benzene rings is 1. The molecular formula is C12H14BrNO3. The van der Waals surface area contributed by atoms with Gasteiger partial charge in [0.25, 0.3) is 5.91 Å². The Morgan fingerprint density at radius 3 is 2.65 bits per heavy atom. The lowest BCUT2D eigenvalue weighted by Gasteiger charge is -2.13. The number of carbonyl (C=O) groups is 2. The van der Waals surface area contributed by atoms with Crippen LogP contribution in [0.2, 0.25) is 0 Å². The molecule has 0 aromatic heterocycles. The normalized spacial score (nSPS) is 11.9. The number of halogens is 1. The van der Waals surface area contributed by atoms with Crippen LogP contribution in [0.1, 0.15) is 29.3 Å². The summed E-state index contributed by atoms with van der Waals surface area (Å²) < 4.78 is 0.789. The van der Waals surface area contributed by atoms with E-state index in [1.807, 2.05) is 13.0 Å². The van der Waals surface area contributed by atoms with Gasteiger partial charge in [0.15, 0.2) is 0 Å². The number of aryl methyl sites for hydroxylation is 1. The number of carbonyl (C=O) groups excluding carboxylic acids is 1. The van der Waals surface area contributed by atoms with E-state index >= 15 is 0 Å². The third-order valence-corrected chi connectivity index (χ3v) is 2.95. The topological polar surface area (TPSA) is 66.4 Å². The van der Waals surface area contributed by atoms with E-state index in [1.54, 1.807) is 19.1 Å². The van der Waals surface area contributed by atoms with Crippen LogP contribution in [0, 0.1) is 6.92 Å². The quantitative estimate of drug-likeness (QED) is 0.897. The van der Waals surface area contributed by atoms with Gasteiger partial charge in [0, 0.05) is 10.0 Å². The Labute approximate surface area is 108 Å². The Balaban J connectivity index is 2.89. The first-order valence-electron chi connectivity index (χ1n) is 5.25. The standard InChI is InChI=1S/C12H14BrNO3/c1-3-10(12(16)17)14-11(15)9-6-8(13)5-4-7(9)2/h4-6,10H,3H2,1-2H3,(H,14,15)(H,16,17). The van der Waals surface area contributed by atoms with Gasteiger partial charge in [-0.05, 0) is 31.0 Å². The van der Waals surface area contributed by atoms with Crippen LogP contribution in [0.5, 0.6) is 0 Å². The van der Waals surface area contributed by atoms with Gasteiger partial charge in [0.2, 0.25) is 0 Å². The summed E-state index contributed by atoms with van der Waals surface area (Å²) in [6.07, 6.45) is 0.355. The van der Waals surface area contributed by atoms with Crippen molar-refractivity contribution in [1.82, 2.24) is 5.32 Å². The highest BCUT2D eigenvalue weighted by atomic mass is 79.9. The first kappa shape index (κ1) is 13.7. The van der Waals surface area contributed by atoms with Crippen molar-refractivity contribution >= 4 is 27.8 Å². The largest absolute Gasteiger partial charge is 0.480 e. The molecule has 1 unspecified atom stereocenters. The highest BCUT2D eigenvalue weighted by Gasteiger charge is 2.19. The van der Waals surface area contributed by atoms with Crippen LogP contribution in [0.15, 0.2) is 22.7 Å². The van der Waals surface area contributed by atoms with Gasteiger partial charge >= 0.3 is 5.97 Å². The molecule has 0 heterocycles. The molecule has 0 bridgehead atoms. The molecule has 1 atom stereocenters. The highest BCUT2D eigenvalue weighted by molar-refractivity contribution is 9.10. The molecular weight excluding hydrogens is 286 g/mol. The number of aliphatic carboxylic acids is 1. The van der Waals surface area contributed by atoms with Crippen LogP contribution in [-0.2, 0) is 4.79 Å². The second-order valence-electron chi connectivity index (χ2n) is 3.73. The average Bonchev–Trinajstić information content (AvgIpc) is 2.28. The second-order valence-corrected chi connectivity index (χ2v) is 4.65. The first-order valence-corrected chi connectivity index (χ1v) is 6.04. The highest BCUT2D eigenvalue weighted by Crippen LogP contribution is 2.16. The molecule has 0 radical (unpaired) electrons. The van der Waals surface area contributed by atoms with Crippen LogP contribution in [0.3, 0.4) is 0 Å². The van der Waals surface area contributed by atoms with Crippen LogP contribution in [0.25, 0.3) is 0 Å². The number of carboxylic acids is 1. The lowest BCUT2D eigenvalue weighted by atomic mass is 10.1. The molecule has 0 saturated carbocycles. The monoisotopic (exact) mass is 299 g/mol. The maximum absolute atomic E-state index is 11.9. The molecule has 1 amide bonds. The molecule has 0 aliphatic heterocycles. The summed E-state index contributed by atoms with van der Waals surface area (Å²) in [5.41, 5.74) is 1.30. The SMILES string of the molecule is CCC(NC(=O)c1cc(Br)ccc1C)C(=O)O. The number of amides is 1. The maximum atomic E-state index is 11.9. The lowest BCUT2D eigenvalue weighted by molar-refractivity contribution is -0.139. The van der Waals surface area contributed by atoms with Crippen molar-refractivity contribution in [3.63, 3.8) is 0 Å². The fourth-order valence-electron chi connectivity index (χ4n) is 1.41. The summed E-state index contributed by atoms with van der Waals surface area (Å²) in [5, 5.41) is 11.4. The number of rotatable bonds is 4. The molecule has 0 aliphatic rings. The van der Waals surface area contributed by atoms with E-state index in [0.29, 0.717) is 12.0 Å². The van der Waals surface area contributed by atoms with E-state index in [4.69, 9.17) is 5.11 Å². The van der Waals surface area contributed by atoms with E-state index in [9.17, 15) is 9.59 Å². The van der Waals surface area contributed by atoms with E-state index in [0.717, 1.165) is 10.0 Å². The minimum Gasteiger partial charge on any atom is -0.480 e. The summed E-state index contributed by atoms with van der Waals surface area (Å²) in [6.45, 7) is 3.52. The molecule has 5 heteroatoms. The predicted octanol–water partition coefficient (Wildman–Crippen LogP) is 2.35. The third kappa shape index (κ3) is 3.56. The van der Waals surface area contributed by atoms with Gasteiger partial charge in [-0.3, -0.25) is 4.79 Å². The van der Waals surface area contributed by atoms with Crippen molar-refractivity contribution in [2.24, 2.45) is 0 Å². The number of carboxylic acid groups (broad SMARTS) is 1. The van der Waals surface area contributed by atoms with E-state index in [-0.39, 0.29) is 5.91 Å². The van der Waals surface area contributed by atoms with Gasteiger partial charge in [0.05, 0.1) is 0 Å². The number of nitrogens with one attached hydrogen (secondary N) is 1. The molecule has 1 rings (SSSR count). The van der Waals surface area contributed by atoms with Crippen molar-refractivity contribution in [2.45, 2.75) is 26.3 Å². The van der Waals surface area contributed by atoms with Crippen LogP contribution in [-0.4, -0.2) is 23.0 Å². The Hall–Kier alpha value is -1.36. The van der Waals surface area contributed by atoms with E-state index < -0.39 is 12.0 Å². The van der Waals surface area contributed by atoms with Crippen molar-refractivity contribution in [2.75, 3.05) is 0 Å². The average molecular weight is 300 g/mol. The molecule has 92 valence electrons. The summed E-state index contributed by atoms with van der Waals surface area (Å²) in [7, 11) is 0. The van der Waals surface area contributed by atoms with Crippen LogP contribution >= 0.6 is 15.9 Å².